The molecule has 0 radical (unpaired) electrons. The van der Waals surface area contributed by atoms with Crippen LogP contribution in [0.25, 0.3) is 0 Å². The standard InChI is InChI=1S/C23H29Cl2NO4S/c1-16(2)30-20-7-5-6-17(12-20)13-23(27)26(3)15-19(10-11-31(4,28)29)18-8-9-21(24)22(25)14-18/h5-9,12,14,16,19H,10-11,13,15H2,1-4H3. The van der Waals surface area contributed by atoms with Crippen molar-refractivity contribution in [2.24, 2.45) is 0 Å². The van der Waals surface area contributed by atoms with E-state index in [4.69, 9.17) is 27.9 Å². The van der Waals surface area contributed by atoms with Crippen molar-refractivity contribution in [1.82, 2.24) is 4.90 Å². The summed E-state index contributed by atoms with van der Waals surface area (Å²) in [6.07, 6.45) is 1.87. The van der Waals surface area contributed by atoms with Crippen LogP contribution in [0.2, 0.25) is 10.0 Å². The van der Waals surface area contributed by atoms with Gasteiger partial charge in [0.05, 0.1) is 28.3 Å². The first kappa shape index (κ1) is 25.5. The van der Waals surface area contributed by atoms with Gasteiger partial charge in [-0.2, -0.15) is 0 Å². The van der Waals surface area contributed by atoms with Crippen LogP contribution in [0.5, 0.6) is 5.75 Å². The Morgan fingerprint density at radius 2 is 1.81 bits per heavy atom. The van der Waals surface area contributed by atoms with Gasteiger partial charge in [-0.3, -0.25) is 4.79 Å². The summed E-state index contributed by atoms with van der Waals surface area (Å²) in [5.74, 6) is 0.499. The predicted octanol–water partition coefficient (Wildman–Crippen LogP) is 5.00. The van der Waals surface area contributed by atoms with Gasteiger partial charge in [0, 0.05) is 25.8 Å². The second-order valence-electron chi connectivity index (χ2n) is 8.05. The molecular weight excluding hydrogens is 457 g/mol. The van der Waals surface area contributed by atoms with E-state index in [0.717, 1.165) is 16.9 Å². The number of rotatable bonds is 10. The Morgan fingerprint density at radius 3 is 2.42 bits per heavy atom. The van der Waals surface area contributed by atoms with E-state index in [-0.39, 0.29) is 30.1 Å². The third-order valence-electron chi connectivity index (χ3n) is 4.80. The largest absolute Gasteiger partial charge is 0.491 e. The second kappa shape index (κ2) is 11.2. The van der Waals surface area contributed by atoms with Crippen molar-refractivity contribution in [3.63, 3.8) is 0 Å². The molecule has 1 amide bonds. The molecule has 2 rings (SSSR count). The van der Waals surface area contributed by atoms with Crippen molar-refractivity contribution in [3.8, 4) is 5.75 Å². The van der Waals surface area contributed by atoms with E-state index < -0.39 is 9.84 Å². The zero-order valence-corrected chi connectivity index (χ0v) is 20.6. The number of benzene rings is 2. The van der Waals surface area contributed by atoms with Crippen molar-refractivity contribution in [2.75, 3.05) is 25.6 Å². The Hall–Kier alpha value is -1.76. The summed E-state index contributed by atoms with van der Waals surface area (Å²) in [6, 6.07) is 12.7. The maximum atomic E-state index is 12.9. The molecule has 0 bridgehead atoms. The number of hydrogen-bond donors (Lipinski definition) is 0. The summed E-state index contributed by atoms with van der Waals surface area (Å²) >= 11 is 12.2. The highest BCUT2D eigenvalue weighted by molar-refractivity contribution is 7.90. The molecule has 170 valence electrons. The Kier molecular flexibility index (Phi) is 9.22. The van der Waals surface area contributed by atoms with E-state index in [1.165, 1.54) is 6.26 Å². The van der Waals surface area contributed by atoms with E-state index in [0.29, 0.717) is 23.0 Å². The highest BCUT2D eigenvalue weighted by Gasteiger charge is 2.20. The van der Waals surface area contributed by atoms with Crippen LogP contribution in [0, 0.1) is 0 Å². The van der Waals surface area contributed by atoms with Gasteiger partial charge in [-0.05, 0) is 55.7 Å². The Labute approximate surface area is 195 Å². The van der Waals surface area contributed by atoms with E-state index in [2.05, 4.69) is 0 Å². The number of hydrogen-bond acceptors (Lipinski definition) is 4. The number of halogens is 2. The fraction of sp³-hybridized carbons (Fsp3) is 0.435. The predicted molar refractivity (Wildman–Crippen MR) is 127 cm³/mol. The molecule has 0 aliphatic rings. The van der Waals surface area contributed by atoms with Gasteiger partial charge in [0.1, 0.15) is 15.6 Å². The first-order valence-corrected chi connectivity index (χ1v) is 12.9. The summed E-state index contributed by atoms with van der Waals surface area (Å²) < 4.78 is 29.1. The molecule has 0 aliphatic carbocycles. The first-order chi connectivity index (χ1) is 14.4. The highest BCUT2D eigenvalue weighted by atomic mass is 35.5. The van der Waals surface area contributed by atoms with Crippen LogP contribution in [-0.4, -0.2) is 50.9 Å². The number of likely N-dealkylation sites (N-methyl/N-ethyl adjacent to an activating group) is 1. The molecule has 8 heteroatoms. The monoisotopic (exact) mass is 485 g/mol. The third-order valence-corrected chi connectivity index (χ3v) is 6.51. The molecule has 0 saturated carbocycles. The van der Waals surface area contributed by atoms with Gasteiger partial charge in [-0.25, -0.2) is 8.42 Å². The number of carbonyl (C=O) groups excluding carboxylic acids is 1. The molecular formula is C23H29Cl2NO4S. The maximum absolute atomic E-state index is 12.9. The second-order valence-corrected chi connectivity index (χ2v) is 11.1. The summed E-state index contributed by atoms with van der Waals surface area (Å²) in [6.45, 7) is 4.27. The number of amides is 1. The van der Waals surface area contributed by atoms with Gasteiger partial charge in [-0.1, -0.05) is 41.4 Å². The lowest BCUT2D eigenvalue weighted by atomic mass is 9.95. The van der Waals surface area contributed by atoms with Crippen LogP contribution < -0.4 is 4.74 Å². The van der Waals surface area contributed by atoms with Crippen LogP contribution in [0.15, 0.2) is 42.5 Å². The highest BCUT2D eigenvalue weighted by Crippen LogP contribution is 2.29. The van der Waals surface area contributed by atoms with Gasteiger partial charge in [0.2, 0.25) is 5.91 Å². The molecule has 0 N–H and O–H groups in total. The molecule has 0 spiro atoms. The van der Waals surface area contributed by atoms with Gasteiger partial charge in [-0.15, -0.1) is 0 Å². The first-order valence-electron chi connectivity index (χ1n) is 10.1. The molecule has 31 heavy (non-hydrogen) atoms. The van der Waals surface area contributed by atoms with Crippen molar-refractivity contribution in [1.29, 1.82) is 0 Å². The molecule has 0 heterocycles. The zero-order chi connectivity index (χ0) is 23.2. The maximum Gasteiger partial charge on any atom is 0.226 e. The lowest BCUT2D eigenvalue weighted by Crippen LogP contribution is -2.33. The zero-order valence-electron chi connectivity index (χ0n) is 18.3. The quantitative estimate of drug-likeness (QED) is 0.474. The average Bonchev–Trinajstić information content (AvgIpc) is 2.66. The Balaban J connectivity index is 2.13. The molecule has 1 atom stereocenters. The van der Waals surface area contributed by atoms with Crippen molar-refractivity contribution in [3.05, 3.63) is 63.6 Å². The van der Waals surface area contributed by atoms with Crippen LogP contribution in [0.3, 0.4) is 0 Å². The van der Waals surface area contributed by atoms with E-state index >= 15 is 0 Å². The van der Waals surface area contributed by atoms with Gasteiger partial charge >= 0.3 is 0 Å². The van der Waals surface area contributed by atoms with Gasteiger partial charge in [0.15, 0.2) is 0 Å². The fourth-order valence-corrected chi connectivity index (χ4v) is 4.25. The fourth-order valence-electron chi connectivity index (χ4n) is 3.23. The van der Waals surface area contributed by atoms with Gasteiger partial charge in [0.25, 0.3) is 0 Å². The van der Waals surface area contributed by atoms with Crippen molar-refractivity contribution in [2.45, 2.75) is 38.7 Å². The molecule has 0 aromatic heterocycles. The number of carbonyl (C=O) groups is 1. The van der Waals surface area contributed by atoms with Gasteiger partial charge < -0.3 is 9.64 Å². The lowest BCUT2D eigenvalue weighted by molar-refractivity contribution is -0.129. The van der Waals surface area contributed by atoms with E-state index in [1.54, 1.807) is 24.1 Å². The molecule has 2 aromatic rings. The molecule has 0 aliphatic heterocycles. The van der Waals surface area contributed by atoms with E-state index in [9.17, 15) is 13.2 Å². The number of nitrogens with zero attached hydrogens (tertiary/aromatic N) is 1. The van der Waals surface area contributed by atoms with Crippen molar-refractivity contribution >= 4 is 38.9 Å². The molecule has 5 nitrogen and oxygen atoms in total. The average molecular weight is 486 g/mol. The molecule has 2 aromatic carbocycles. The topological polar surface area (TPSA) is 63.7 Å². The summed E-state index contributed by atoms with van der Waals surface area (Å²) in [5, 5.41) is 0.833. The van der Waals surface area contributed by atoms with Crippen LogP contribution in [-0.2, 0) is 21.1 Å². The summed E-state index contributed by atoms with van der Waals surface area (Å²) in [7, 11) is -1.42. The Bertz CT molecular complexity index is 1010. The van der Waals surface area contributed by atoms with Crippen LogP contribution in [0.4, 0.5) is 0 Å². The minimum Gasteiger partial charge on any atom is -0.491 e. The minimum absolute atomic E-state index is 0.0224. The van der Waals surface area contributed by atoms with Crippen LogP contribution >= 0.6 is 23.2 Å². The summed E-state index contributed by atoms with van der Waals surface area (Å²) in [4.78, 5) is 14.5. The number of ether oxygens (including phenoxy) is 1. The molecule has 1 unspecified atom stereocenters. The number of sulfone groups is 1. The Morgan fingerprint density at radius 1 is 1.10 bits per heavy atom. The lowest BCUT2D eigenvalue weighted by Gasteiger charge is -2.25. The third kappa shape index (κ3) is 8.71. The minimum atomic E-state index is -3.14. The van der Waals surface area contributed by atoms with E-state index in [1.807, 2.05) is 44.2 Å². The van der Waals surface area contributed by atoms with Crippen LogP contribution in [0.1, 0.15) is 37.3 Å². The SMILES string of the molecule is CC(C)Oc1cccc(CC(=O)N(C)CC(CCS(C)(=O)=O)c2ccc(Cl)c(Cl)c2)c1. The smallest absolute Gasteiger partial charge is 0.226 e. The normalized spacial score (nSPS) is 12.6. The molecule has 0 fully saturated rings. The summed E-state index contributed by atoms with van der Waals surface area (Å²) in [5.41, 5.74) is 1.71. The van der Waals surface area contributed by atoms with Crippen molar-refractivity contribution < 1.29 is 17.9 Å². The molecule has 0 saturated heterocycles.